The van der Waals surface area contributed by atoms with Crippen LogP contribution in [0.2, 0.25) is 18.1 Å². The maximum Gasteiger partial charge on any atom is 0.323 e. The maximum absolute atomic E-state index is 13.7. The Balaban J connectivity index is 1.71. The van der Waals surface area contributed by atoms with E-state index < -0.39 is 20.5 Å². The van der Waals surface area contributed by atoms with Gasteiger partial charge in [-0.1, -0.05) is 118 Å². The Bertz CT molecular complexity index is 1240. The largest absolute Gasteiger partial charge is 0.460 e. The number of hydrogen-bond acceptors (Lipinski definition) is 5. The Morgan fingerprint density at radius 1 is 0.814 bits per heavy atom. The second-order valence-electron chi connectivity index (χ2n) is 12.7. The number of nitrogens with zero attached hydrogens (tertiary/aromatic N) is 1. The molecule has 3 aromatic carbocycles. The van der Waals surface area contributed by atoms with Crippen LogP contribution in [0.25, 0.3) is 0 Å². The van der Waals surface area contributed by atoms with Crippen molar-refractivity contribution in [2.24, 2.45) is 0 Å². The quantitative estimate of drug-likeness (QED) is 0.0715. The predicted molar refractivity (Wildman–Crippen MR) is 178 cm³/mol. The molecular formula is C37H49NO4Si. The van der Waals surface area contributed by atoms with Gasteiger partial charge in [-0.05, 0) is 67.1 Å². The lowest BCUT2D eigenvalue weighted by Crippen LogP contribution is -2.44. The molecule has 0 aliphatic carbocycles. The van der Waals surface area contributed by atoms with Gasteiger partial charge >= 0.3 is 5.97 Å². The van der Waals surface area contributed by atoms with Crippen LogP contribution in [0.1, 0.15) is 63.6 Å². The highest BCUT2D eigenvalue weighted by Gasteiger charge is 2.39. The summed E-state index contributed by atoms with van der Waals surface area (Å²) in [7, 11) is -2.03. The number of ketones is 1. The molecule has 2 atom stereocenters. The van der Waals surface area contributed by atoms with Crippen molar-refractivity contribution in [3.8, 4) is 0 Å². The monoisotopic (exact) mass is 599 g/mol. The standard InChI is InChI=1S/C37H49NO4Si/c1-30(42-43(5,6)37(2,3)4)35(39)26-18-10-17-25-34(36(40)41-29-33-23-15-9-16-24-33)38(27-31-19-11-7-12-20-31)28-32-21-13-8-14-22-32/h7-9,11-16,18-24,26,30,34H,10,17,25,27-29H2,1-6H3/b26-18+/t30-,34+/m1/s1. The fourth-order valence-corrected chi connectivity index (χ4v) is 5.98. The third-order valence-corrected chi connectivity index (χ3v) is 12.8. The van der Waals surface area contributed by atoms with E-state index in [1.54, 1.807) is 6.08 Å². The minimum absolute atomic E-state index is 0.0153. The fourth-order valence-electron chi connectivity index (χ4n) is 4.63. The van der Waals surface area contributed by atoms with Crippen molar-refractivity contribution in [3.63, 3.8) is 0 Å². The molecule has 0 aromatic heterocycles. The molecule has 3 aromatic rings. The third kappa shape index (κ3) is 11.4. The van der Waals surface area contributed by atoms with Crippen molar-refractivity contribution in [3.05, 3.63) is 120 Å². The highest BCUT2D eigenvalue weighted by Crippen LogP contribution is 2.37. The zero-order chi connectivity index (χ0) is 31.3. The van der Waals surface area contributed by atoms with E-state index in [-0.39, 0.29) is 23.4 Å². The number of rotatable bonds is 16. The number of benzene rings is 3. The van der Waals surface area contributed by atoms with E-state index >= 15 is 0 Å². The molecule has 0 amide bonds. The summed E-state index contributed by atoms with van der Waals surface area (Å²) in [5.41, 5.74) is 3.24. The van der Waals surface area contributed by atoms with Crippen molar-refractivity contribution in [2.45, 2.75) is 96.9 Å². The third-order valence-electron chi connectivity index (χ3n) is 8.20. The molecule has 0 unspecified atom stereocenters. The van der Waals surface area contributed by atoms with Gasteiger partial charge in [0.25, 0.3) is 0 Å². The van der Waals surface area contributed by atoms with Crippen LogP contribution < -0.4 is 0 Å². The first-order valence-corrected chi connectivity index (χ1v) is 18.3. The maximum atomic E-state index is 13.7. The topological polar surface area (TPSA) is 55.8 Å². The summed E-state index contributed by atoms with van der Waals surface area (Å²) < 4.78 is 12.2. The SMILES string of the molecule is C[C@@H](O[Si](C)(C)C(C)(C)C)C(=O)/C=C/CCC[C@@H](C(=O)OCc1ccccc1)N(Cc1ccccc1)Cc1ccccc1. The second-order valence-corrected chi connectivity index (χ2v) is 17.5. The van der Waals surface area contributed by atoms with Crippen LogP contribution in [0.15, 0.2) is 103 Å². The molecule has 0 N–H and O–H groups in total. The lowest BCUT2D eigenvalue weighted by molar-refractivity contribution is -0.152. The Morgan fingerprint density at radius 2 is 1.30 bits per heavy atom. The molecule has 3 rings (SSSR count). The normalized spacial score (nSPS) is 13.7. The lowest BCUT2D eigenvalue weighted by atomic mass is 10.0. The molecule has 0 radical (unpaired) electrons. The van der Waals surface area contributed by atoms with Gasteiger partial charge in [-0.3, -0.25) is 14.5 Å². The van der Waals surface area contributed by atoms with Gasteiger partial charge in [0, 0.05) is 13.1 Å². The molecule has 0 saturated carbocycles. The molecule has 0 fully saturated rings. The molecule has 5 nitrogen and oxygen atoms in total. The van der Waals surface area contributed by atoms with Crippen LogP contribution in [0.5, 0.6) is 0 Å². The van der Waals surface area contributed by atoms with E-state index in [2.05, 4.69) is 63.0 Å². The fraction of sp³-hybridized carbons (Fsp3) is 0.405. The van der Waals surface area contributed by atoms with E-state index in [4.69, 9.17) is 9.16 Å². The highest BCUT2D eigenvalue weighted by atomic mass is 28.4. The predicted octanol–water partition coefficient (Wildman–Crippen LogP) is 8.51. The first kappa shape index (κ1) is 34.2. The van der Waals surface area contributed by atoms with E-state index in [9.17, 15) is 9.59 Å². The Kier molecular flexibility index (Phi) is 13.1. The van der Waals surface area contributed by atoms with Gasteiger partial charge < -0.3 is 9.16 Å². The summed E-state index contributed by atoms with van der Waals surface area (Å²) in [5, 5.41) is 0.0424. The summed E-state index contributed by atoms with van der Waals surface area (Å²) in [6, 6.07) is 29.8. The minimum Gasteiger partial charge on any atom is -0.460 e. The minimum atomic E-state index is -2.03. The van der Waals surface area contributed by atoms with Gasteiger partial charge in [0.15, 0.2) is 14.1 Å². The smallest absolute Gasteiger partial charge is 0.323 e. The van der Waals surface area contributed by atoms with E-state index in [0.717, 1.165) is 23.1 Å². The molecule has 0 heterocycles. The zero-order valence-electron chi connectivity index (χ0n) is 26.8. The summed E-state index contributed by atoms with van der Waals surface area (Å²) in [4.78, 5) is 28.7. The second kappa shape index (κ2) is 16.5. The van der Waals surface area contributed by atoms with Gasteiger partial charge in [0.2, 0.25) is 0 Å². The number of allylic oxidation sites excluding steroid dienone is 1. The van der Waals surface area contributed by atoms with E-state index in [0.29, 0.717) is 25.9 Å². The molecule has 0 bridgehead atoms. The molecule has 43 heavy (non-hydrogen) atoms. The van der Waals surface area contributed by atoms with Gasteiger partial charge in [-0.25, -0.2) is 0 Å². The van der Waals surface area contributed by atoms with Crippen LogP contribution in [-0.2, 0) is 38.4 Å². The van der Waals surface area contributed by atoms with Crippen LogP contribution >= 0.6 is 0 Å². The summed E-state index contributed by atoms with van der Waals surface area (Å²) in [6.45, 7) is 14.2. The van der Waals surface area contributed by atoms with E-state index in [1.807, 2.05) is 79.7 Å². The number of esters is 1. The molecule has 0 spiro atoms. The van der Waals surface area contributed by atoms with Crippen LogP contribution in [-0.4, -0.2) is 37.1 Å². The van der Waals surface area contributed by atoms with Crippen molar-refractivity contribution in [1.82, 2.24) is 4.90 Å². The lowest BCUT2D eigenvalue weighted by Gasteiger charge is -2.37. The first-order valence-electron chi connectivity index (χ1n) is 15.4. The van der Waals surface area contributed by atoms with Crippen LogP contribution in [0, 0.1) is 0 Å². The molecule has 230 valence electrons. The van der Waals surface area contributed by atoms with Crippen molar-refractivity contribution >= 4 is 20.1 Å². The van der Waals surface area contributed by atoms with Crippen molar-refractivity contribution < 1.29 is 18.8 Å². The van der Waals surface area contributed by atoms with Gasteiger partial charge in [0.1, 0.15) is 18.8 Å². The van der Waals surface area contributed by atoms with Gasteiger partial charge in [-0.15, -0.1) is 0 Å². The highest BCUT2D eigenvalue weighted by molar-refractivity contribution is 6.74. The Labute approximate surface area is 260 Å². The molecule has 0 saturated heterocycles. The summed E-state index contributed by atoms with van der Waals surface area (Å²) in [6.07, 6.45) is 5.13. The first-order chi connectivity index (χ1) is 20.5. The van der Waals surface area contributed by atoms with Gasteiger partial charge in [-0.2, -0.15) is 0 Å². The molecule has 0 aliphatic rings. The average molecular weight is 600 g/mol. The van der Waals surface area contributed by atoms with Crippen LogP contribution in [0.3, 0.4) is 0 Å². The Morgan fingerprint density at radius 3 is 1.79 bits per heavy atom. The molecule has 0 aliphatic heterocycles. The number of hydrogen-bond donors (Lipinski definition) is 0. The number of carbonyl (C=O) groups excluding carboxylic acids is 2. The van der Waals surface area contributed by atoms with Gasteiger partial charge in [0.05, 0.1) is 0 Å². The molecular weight excluding hydrogens is 550 g/mol. The zero-order valence-corrected chi connectivity index (χ0v) is 27.8. The number of carbonyl (C=O) groups is 2. The Hall–Kier alpha value is -3.32. The van der Waals surface area contributed by atoms with E-state index in [1.165, 1.54) is 0 Å². The van der Waals surface area contributed by atoms with Crippen molar-refractivity contribution in [1.29, 1.82) is 0 Å². The average Bonchev–Trinajstić information content (AvgIpc) is 2.98. The van der Waals surface area contributed by atoms with Crippen molar-refractivity contribution in [2.75, 3.05) is 0 Å². The van der Waals surface area contributed by atoms with Crippen LogP contribution in [0.4, 0.5) is 0 Å². The number of unbranched alkanes of at least 4 members (excludes halogenated alkanes) is 1. The summed E-state index contributed by atoms with van der Waals surface area (Å²) >= 11 is 0. The summed E-state index contributed by atoms with van der Waals surface area (Å²) in [5.74, 6) is -0.245. The number of ether oxygens (including phenoxy) is 1. The molecule has 6 heteroatoms.